The van der Waals surface area contributed by atoms with Crippen LogP contribution in [-0.4, -0.2) is 43.3 Å². The van der Waals surface area contributed by atoms with Crippen molar-refractivity contribution in [1.29, 1.82) is 0 Å². The molecular formula is C36H39Cl2N3O4S. The van der Waals surface area contributed by atoms with Crippen LogP contribution in [0.1, 0.15) is 43.0 Å². The first-order chi connectivity index (χ1) is 21.6. The van der Waals surface area contributed by atoms with E-state index < -0.39 is 34.1 Å². The molecule has 1 N–H and O–H groups in total. The molecule has 0 saturated carbocycles. The molecule has 0 bridgehead atoms. The van der Waals surface area contributed by atoms with Crippen molar-refractivity contribution in [3.8, 4) is 0 Å². The van der Waals surface area contributed by atoms with Gasteiger partial charge in [-0.05, 0) is 81.6 Å². The molecule has 10 heteroatoms. The highest BCUT2D eigenvalue weighted by Crippen LogP contribution is 2.30. The molecule has 0 heterocycles. The lowest BCUT2D eigenvalue weighted by molar-refractivity contribution is -0.140. The highest BCUT2D eigenvalue weighted by Gasteiger charge is 2.36. The van der Waals surface area contributed by atoms with Gasteiger partial charge in [-0.2, -0.15) is 0 Å². The third-order valence-corrected chi connectivity index (χ3v) is 9.62. The van der Waals surface area contributed by atoms with Crippen molar-refractivity contribution in [2.45, 2.75) is 64.1 Å². The third kappa shape index (κ3) is 9.12. The SMILES string of the molecule is Cc1ccc(S(=O)(=O)N(CC(=O)N(Cc2ccccc2C)[C@@H](Cc2ccccc2)C(=O)NC(C)(C)C)c2cc(Cl)cc(Cl)c2)cc1. The molecule has 7 nitrogen and oxygen atoms in total. The number of carbonyl (C=O) groups is 2. The molecule has 46 heavy (non-hydrogen) atoms. The Bertz CT molecular complexity index is 1770. The summed E-state index contributed by atoms with van der Waals surface area (Å²) in [6.07, 6.45) is 0.216. The van der Waals surface area contributed by atoms with Crippen LogP contribution in [0, 0.1) is 13.8 Å². The minimum atomic E-state index is -4.28. The van der Waals surface area contributed by atoms with Gasteiger partial charge in [-0.1, -0.05) is 95.5 Å². The quantitative estimate of drug-likeness (QED) is 0.179. The van der Waals surface area contributed by atoms with E-state index in [1.165, 1.54) is 35.2 Å². The second kappa shape index (κ2) is 14.7. The zero-order valence-corrected chi connectivity index (χ0v) is 29.0. The molecule has 0 saturated heterocycles. The standard InChI is InChI=1S/C36H39Cl2N3O4S/c1-25-15-17-32(18-16-25)46(44,45)41(31-21-29(37)20-30(38)22-31)24-34(42)40(23-28-14-10-9-11-26(28)2)33(35(43)39-36(3,4)5)19-27-12-7-6-8-13-27/h6-18,20-22,33H,19,23-24H2,1-5H3,(H,39,43)/t33-/m0/s1. The van der Waals surface area contributed by atoms with Crippen LogP contribution in [0.15, 0.2) is 102 Å². The number of amides is 2. The first kappa shape index (κ1) is 35.0. The number of nitrogens with one attached hydrogen (secondary N) is 1. The molecule has 0 spiro atoms. The molecule has 0 aliphatic carbocycles. The van der Waals surface area contributed by atoms with Gasteiger partial charge in [0.2, 0.25) is 11.8 Å². The van der Waals surface area contributed by atoms with E-state index in [1.54, 1.807) is 12.1 Å². The lowest BCUT2D eigenvalue weighted by Gasteiger charge is -2.35. The van der Waals surface area contributed by atoms with Crippen LogP contribution >= 0.6 is 23.2 Å². The van der Waals surface area contributed by atoms with E-state index >= 15 is 0 Å². The van der Waals surface area contributed by atoms with Crippen molar-refractivity contribution in [3.05, 3.63) is 129 Å². The number of hydrogen-bond acceptors (Lipinski definition) is 4. The molecule has 0 aliphatic heterocycles. The molecule has 4 aromatic carbocycles. The summed E-state index contributed by atoms with van der Waals surface area (Å²) in [4.78, 5) is 30.1. The largest absolute Gasteiger partial charge is 0.350 e. The highest BCUT2D eigenvalue weighted by molar-refractivity contribution is 7.92. The monoisotopic (exact) mass is 679 g/mol. The number of nitrogens with zero attached hydrogens (tertiary/aromatic N) is 2. The maximum absolute atomic E-state index is 14.6. The predicted molar refractivity (Wildman–Crippen MR) is 186 cm³/mol. The molecule has 242 valence electrons. The molecule has 0 unspecified atom stereocenters. The highest BCUT2D eigenvalue weighted by atomic mass is 35.5. The first-order valence-corrected chi connectivity index (χ1v) is 17.1. The predicted octanol–water partition coefficient (Wildman–Crippen LogP) is 7.36. The molecule has 2 amide bonds. The summed E-state index contributed by atoms with van der Waals surface area (Å²) in [7, 11) is -4.28. The fourth-order valence-corrected chi connectivity index (χ4v) is 6.94. The maximum Gasteiger partial charge on any atom is 0.264 e. The van der Waals surface area contributed by atoms with Crippen LogP contribution in [0.5, 0.6) is 0 Å². The Morgan fingerprint density at radius 3 is 2.00 bits per heavy atom. The van der Waals surface area contributed by atoms with Gasteiger partial charge in [0.1, 0.15) is 12.6 Å². The number of rotatable bonds is 11. The lowest BCUT2D eigenvalue weighted by Crippen LogP contribution is -2.56. The lowest BCUT2D eigenvalue weighted by atomic mass is 10.00. The van der Waals surface area contributed by atoms with Crippen LogP contribution in [-0.2, 0) is 32.6 Å². The summed E-state index contributed by atoms with van der Waals surface area (Å²) < 4.78 is 29.4. The van der Waals surface area contributed by atoms with E-state index in [-0.39, 0.29) is 39.5 Å². The maximum atomic E-state index is 14.6. The summed E-state index contributed by atoms with van der Waals surface area (Å²) in [5.41, 5.74) is 3.04. The van der Waals surface area contributed by atoms with Crippen LogP contribution in [0.25, 0.3) is 0 Å². The zero-order valence-electron chi connectivity index (χ0n) is 26.6. The molecule has 0 aromatic heterocycles. The van der Waals surface area contributed by atoms with Crippen molar-refractivity contribution in [1.82, 2.24) is 10.2 Å². The van der Waals surface area contributed by atoms with Crippen LogP contribution in [0.2, 0.25) is 10.0 Å². The smallest absolute Gasteiger partial charge is 0.264 e. The summed E-state index contributed by atoms with van der Waals surface area (Å²) in [6, 6.07) is 26.8. The number of anilines is 1. The Kier molecular flexibility index (Phi) is 11.2. The van der Waals surface area contributed by atoms with E-state index in [0.717, 1.165) is 26.6 Å². The zero-order chi connectivity index (χ0) is 33.6. The van der Waals surface area contributed by atoms with Crippen molar-refractivity contribution in [2.75, 3.05) is 10.8 Å². The van der Waals surface area contributed by atoms with Gasteiger partial charge in [-0.15, -0.1) is 0 Å². The van der Waals surface area contributed by atoms with Gasteiger partial charge in [-0.3, -0.25) is 13.9 Å². The van der Waals surface area contributed by atoms with Gasteiger partial charge in [0, 0.05) is 28.5 Å². The Hall–Kier alpha value is -3.85. The Morgan fingerprint density at radius 2 is 1.41 bits per heavy atom. The topological polar surface area (TPSA) is 86.8 Å². The summed E-state index contributed by atoms with van der Waals surface area (Å²) in [5, 5.41) is 3.46. The van der Waals surface area contributed by atoms with Gasteiger partial charge in [-0.25, -0.2) is 8.42 Å². The fourth-order valence-electron chi connectivity index (χ4n) is 5.03. The normalized spacial score (nSPS) is 12.3. The molecule has 0 radical (unpaired) electrons. The van der Waals surface area contributed by atoms with Gasteiger partial charge in [0.15, 0.2) is 0 Å². The molecule has 0 fully saturated rings. The average Bonchev–Trinajstić information content (AvgIpc) is 2.97. The molecule has 4 aromatic rings. The fraction of sp³-hybridized carbons (Fsp3) is 0.278. The Labute approximate surface area is 282 Å². The summed E-state index contributed by atoms with van der Waals surface area (Å²) in [5.74, 6) is -0.919. The minimum Gasteiger partial charge on any atom is -0.350 e. The second-order valence-corrected chi connectivity index (χ2v) is 15.1. The van der Waals surface area contributed by atoms with E-state index in [4.69, 9.17) is 23.2 Å². The average molecular weight is 681 g/mol. The number of sulfonamides is 1. The van der Waals surface area contributed by atoms with E-state index in [1.807, 2.05) is 89.2 Å². The van der Waals surface area contributed by atoms with Crippen LogP contribution < -0.4 is 9.62 Å². The van der Waals surface area contributed by atoms with Gasteiger partial charge in [0.05, 0.1) is 10.6 Å². The van der Waals surface area contributed by atoms with Crippen LogP contribution in [0.3, 0.4) is 0 Å². The van der Waals surface area contributed by atoms with E-state index in [0.29, 0.717) is 0 Å². The van der Waals surface area contributed by atoms with Gasteiger partial charge < -0.3 is 10.2 Å². The van der Waals surface area contributed by atoms with Crippen molar-refractivity contribution >= 4 is 50.7 Å². The van der Waals surface area contributed by atoms with E-state index in [9.17, 15) is 18.0 Å². The number of carbonyl (C=O) groups excluding carboxylic acids is 2. The molecular weight excluding hydrogens is 641 g/mol. The molecule has 1 atom stereocenters. The van der Waals surface area contributed by atoms with Crippen molar-refractivity contribution in [2.24, 2.45) is 0 Å². The summed E-state index contributed by atoms with van der Waals surface area (Å²) in [6.45, 7) is 8.88. The Morgan fingerprint density at radius 1 is 0.826 bits per heavy atom. The van der Waals surface area contributed by atoms with Crippen LogP contribution in [0.4, 0.5) is 5.69 Å². The third-order valence-electron chi connectivity index (χ3n) is 7.39. The molecule has 4 rings (SSSR count). The van der Waals surface area contributed by atoms with E-state index in [2.05, 4.69) is 5.32 Å². The van der Waals surface area contributed by atoms with Crippen molar-refractivity contribution < 1.29 is 18.0 Å². The van der Waals surface area contributed by atoms with Gasteiger partial charge >= 0.3 is 0 Å². The minimum absolute atomic E-state index is 0.00115. The first-order valence-electron chi connectivity index (χ1n) is 14.9. The van der Waals surface area contributed by atoms with Crippen molar-refractivity contribution in [3.63, 3.8) is 0 Å². The number of halogens is 2. The number of aryl methyl sites for hydroxylation is 2. The number of hydrogen-bond donors (Lipinski definition) is 1. The number of benzene rings is 4. The summed E-state index contributed by atoms with van der Waals surface area (Å²) >= 11 is 12.6. The second-order valence-electron chi connectivity index (χ2n) is 12.3. The molecule has 0 aliphatic rings. The van der Waals surface area contributed by atoms with Gasteiger partial charge in [0.25, 0.3) is 10.0 Å². The Balaban J connectivity index is 1.85.